The molecule has 0 unspecified atom stereocenters. The smallest absolute Gasteiger partial charge is 0.168 e. The van der Waals surface area contributed by atoms with Crippen molar-refractivity contribution in [2.75, 3.05) is 13.7 Å². The summed E-state index contributed by atoms with van der Waals surface area (Å²) in [6.45, 7) is -0.111. The molecule has 0 saturated carbocycles. The van der Waals surface area contributed by atoms with E-state index in [9.17, 15) is 4.39 Å². The Balaban J connectivity index is 3.11. The van der Waals surface area contributed by atoms with Gasteiger partial charge >= 0.3 is 0 Å². The predicted molar refractivity (Wildman–Crippen MR) is 48.8 cm³/mol. The van der Waals surface area contributed by atoms with Crippen molar-refractivity contribution in [3.8, 4) is 5.75 Å². The summed E-state index contributed by atoms with van der Waals surface area (Å²) < 4.78 is 18.1. The lowest BCUT2D eigenvalue weighted by atomic mass is 10.1. The highest BCUT2D eigenvalue weighted by Gasteiger charge is 2.09. The van der Waals surface area contributed by atoms with E-state index in [0.29, 0.717) is 10.6 Å². The van der Waals surface area contributed by atoms with Crippen molar-refractivity contribution < 1.29 is 14.2 Å². The number of ether oxygens (including phenoxy) is 1. The number of rotatable bonds is 3. The molecule has 0 saturated heterocycles. The van der Waals surface area contributed by atoms with Crippen molar-refractivity contribution >= 4 is 11.6 Å². The molecule has 0 spiro atoms. The van der Waals surface area contributed by atoms with E-state index in [2.05, 4.69) is 0 Å². The van der Waals surface area contributed by atoms with Gasteiger partial charge in [0.05, 0.1) is 7.11 Å². The Hall–Kier alpha value is -0.800. The molecule has 0 heterocycles. The van der Waals surface area contributed by atoms with E-state index in [1.807, 2.05) is 0 Å². The van der Waals surface area contributed by atoms with Crippen LogP contribution in [0.25, 0.3) is 0 Å². The van der Waals surface area contributed by atoms with Crippen molar-refractivity contribution in [3.63, 3.8) is 0 Å². The zero-order valence-corrected chi connectivity index (χ0v) is 7.94. The number of hydrogen-bond acceptors (Lipinski definition) is 2. The van der Waals surface area contributed by atoms with Crippen molar-refractivity contribution in [2.24, 2.45) is 0 Å². The van der Waals surface area contributed by atoms with Gasteiger partial charge in [0.25, 0.3) is 0 Å². The summed E-state index contributed by atoms with van der Waals surface area (Å²) in [5.74, 6) is -0.350. The lowest BCUT2D eigenvalue weighted by Crippen LogP contribution is -1.98. The number of halogens is 2. The maximum absolute atomic E-state index is 13.3. The van der Waals surface area contributed by atoms with Crippen LogP contribution in [0.1, 0.15) is 5.56 Å². The molecule has 0 amide bonds. The molecular weight excluding hydrogens is 195 g/mol. The van der Waals surface area contributed by atoms with Crippen molar-refractivity contribution in [2.45, 2.75) is 6.42 Å². The third-order valence-electron chi connectivity index (χ3n) is 1.68. The molecule has 0 aliphatic rings. The minimum atomic E-state index is -0.457. The van der Waals surface area contributed by atoms with Gasteiger partial charge < -0.3 is 9.84 Å². The molecule has 1 rings (SSSR count). The Morgan fingerprint density at radius 3 is 2.77 bits per heavy atom. The SMILES string of the molecule is COc1cc(Cl)cc(CCO)c1F. The Morgan fingerprint density at radius 1 is 1.54 bits per heavy atom. The fourth-order valence-electron chi connectivity index (χ4n) is 1.07. The molecule has 72 valence electrons. The van der Waals surface area contributed by atoms with E-state index in [1.165, 1.54) is 19.2 Å². The summed E-state index contributed by atoms with van der Waals surface area (Å²) in [6.07, 6.45) is 0.239. The first-order chi connectivity index (χ1) is 6.19. The van der Waals surface area contributed by atoms with Gasteiger partial charge in [-0.3, -0.25) is 0 Å². The second-order valence-corrected chi connectivity index (χ2v) is 2.99. The lowest BCUT2D eigenvalue weighted by Gasteiger charge is -2.06. The number of benzene rings is 1. The van der Waals surface area contributed by atoms with Crippen LogP contribution in [-0.2, 0) is 6.42 Å². The summed E-state index contributed by atoms with van der Waals surface area (Å²) in [4.78, 5) is 0. The predicted octanol–water partition coefficient (Wildman–Crippen LogP) is 2.02. The Kier molecular flexibility index (Phi) is 3.51. The summed E-state index contributed by atoms with van der Waals surface area (Å²) in [5.41, 5.74) is 0.367. The molecule has 0 aliphatic heterocycles. The van der Waals surface area contributed by atoms with E-state index in [0.717, 1.165) is 0 Å². The quantitative estimate of drug-likeness (QED) is 0.817. The largest absolute Gasteiger partial charge is 0.494 e. The van der Waals surface area contributed by atoms with Crippen molar-refractivity contribution in [3.05, 3.63) is 28.5 Å². The van der Waals surface area contributed by atoms with Crippen LogP contribution in [0.2, 0.25) is 5.02 Å². The first kappa shape index (κ1) is 10.3. The summed E-state index contributed by atoms with van der Waals surface area (Å²) >= 11 is 5.71. The maximum atomic E-state index is 13.3. The van der Waals surface area contributed by atoms with Crippen LogP contribution in [0, 0.1) is 5.82 Å². The molecule has 0 aliphatic carbocycles. The van der Waals surface area contributed by atoms with Gasteiger partial charge in [-0.15, -0.1) is 0 Å². The molecule has 1 N–H and O–H groups in total. The molecule has 0 fully saturated rings. The fourth-order valence-corrected chi connectivity index (χ4v) is 1.30. The van der Waals surface area contributed by atoms with Gasteiger partial charge in [0.1, 0.15) is 0 Å². The first-order valence-electron chi connectivity index (χ1n) is 3.81. The Labute approximate surface area is 80.9 Å². The highest BCUT2D eigenvalue weighted by Crippen LogP contribution is 2.25. The fraction of sp³-hybridized carbons (Fsp3) is 0.333. The molecule has 1 aromatic carbocycles. The molecule has 1 aromatic rings. The molecule has 13 heavy (non-hydrogen) atoms. The zero-order chi connectivity index (χ0) is 9.84. The van der Waals surface area contributed by atoms with E-state index >= 15 is 0 Å². The van der Waals surface area contributed by atoms with E-state index in [1.54, 1.807) is 0 Å². The van der Waals surface area contributed by atoms with Gasteiger partial charge in [0.15, 0.2) is 11.6 Å². The average molecular weight is 205 g/mol. The summed E-state index contributed by atoms with van der Waals surface area (Å²) in [5, 5.41) is 9.05. The van der Waals surface area contributed by atoms with Crippen molar-refractivity contribution in [1.29, 1.82) is 0 Å². The van der Waals surface area contributed by atoms with Gasteiger partial charge in [-0.1, -0.05) is 11.6 Å². The molecule has 0 radical (unpaired) electrons. The Bertz CT molecular complexity index is 302. The van der Waals surface area contributed by atoms with Crippen LogP contribution in [0.3, 0.4) is 0 Å². The number of methoxy groups -OCH3 is 1. The third kappa shape index (κ3) is 2.32. The minimum absolute atomic E-state index is 0.107. The first-order valence-corrected chi connectivity index (χ1v) is 4.19. The van der Waals surface area contributed by atoms with Crippen LogP contribution < -0.4 is 4.74 Å². The second-order valence-electron chi connectivity index (χ2n) is 2.55. The standard InChI is InChI=1S/C9H10ClFO2/c1-13-8-5-7(10)4-6(2-3-12)9(8)11/h4-5,12H,2-3H2,1H3. The average Bonchev–Trinajstić information content (AvgIpc) is 2.11. The summed E-state index contributed by atoms with van der Waals surface area (Å²) in [6, 6.07) is 2.88. The number of aliphatic hydroxyl groups excluding tert-OH is 1. The van der Waals surface area contributed by atoms with E-state index in [4.69, 9.17) is 21.4 Å². The van der Waals surface area contributed by atoms with E-state index in [-0.39, 0.29) is 18.8 Å². The molecule has 2 nitrogen and oxygen atoms in total. The highest BCUT2D eigenvalue weighted by molar-refractivity contribution is 6.30. The molecule has 4 heteroatoms. The van der Waals surface area contributed by atoms with Gasteiger partial charge in [0.2, 0.25) is 0 Å². The van der Waals surface area contributed by atoms with Gasteiger partial charge in [-0.05, 0) is 18.1 Å². The number of aliphatic hydroxyl groups is 1. The van der Waals surface area contributed by atoms with E-state index < -0.39 is 5.82 Å². The highest BCUT2D eigenvalue weighted by atomic mass is 35.5. The van der Waals surface area contributed by atoms with Gasteiger partial charge in [-0.25, -0.2) is 4.39 Å². The molecular formula is C9H10ClFO2. The van der Waals surface area contributed by atoms with Crippen LogP contribution in [0.15, 0.2) is 12.1 Å². The number of hydrogen-bond donors (Lipinski definition) is 1. The molecule has 0 bridgehead atoms. The van der Waals surface area contributed by atoms with Crippen LogP contribution in [-0.4, -0.2) is 18.8 Å². The molecule has 0 atom stereocenters. The normalized spacial score (nSPS) is 10.2. The maximum Gasteiger partial charge on any atom is 0.168 e. The van der Waals surface area contributed by atoms with Gasteiger partial charge in [0, 0.05) is 17.7 Å². The van der Waals surface area contributed by atoms with Crippen molar-refractivity contribution in [1.82, 2.24) is 0 Å². The minimum Gasteiger partial charge on any atom is -0.494 e. The lowest BCUT2D eigenvalue weighted by molar-refractivity contribution is 0.296. The third-order valence-corrected chi connectivity index (χ3v) is 1.90. The molecule has 0 aromatic heterocycles. The van der Waals surface area contributed by atoms with Crippen LogP contribution in [0.4, 0.5) is 4.39 Å². The van der Waals surface area contributed by atoms with Crippen LogP contribution in [0.5, 0.6) is 5.75 Å². The topological polar surface area (TPSA) is 29.5 Å². The van der Waals surface area contributed by atoms with Crippen LogP contribution >= 0.6 is 11.6 Å². The Morgan fingerprint density at radius 2 is 2.23 bits per heavy atom. The summed E-state index contributed by atoms with van der Waals surface area (Å²) in [7, 11) is 1.37. The monoisotopic (exact) mass is 204 g/mol. The van der Waals surface area contributed by atoms with Gasteiger partial charge in [-0.2, -0.15) is 0 Å². The second kappa shape index (κ2) is 4.44. The zero-order valence-electron chi connectivity index (χ0n) is 7.18.